The number of phenols is 1. The van der Waals surface area contributed by atoms with Crippen LogP contribution in [-0.2, 0) is 4.79 Å². The van der Waals surface area contributed by atoms with Crippen LogP contribution >= 0.6 is 0 Å². The van der Waals surface area contributed by atoms with Gasteiger partial charge in [0.05, 0.1) is 0 Å². The van der Waals surface area contributed by atoms with Gasteiger partial charge in [-0.2, -0.15) is 0 Å². The number of anilines is 1. The highest BCUT2D eigenvalue weighted by Gasteiger charge is 2.17. The molecule has 0 bridgehead atoms. The molecule has 0 heterocycles. The third-order valence-electron chi connectivity index (χ3n) is 2.50. The summed E-state index contributed by atoms with van der Waals surface area (Å²) in [4.78, 5) is 13.5. The Kier molecular flexibility index (Phi) is 4.31. The van der Waals surface area contributed by atoms with Gasteiger partial charge in [0.25, 0.3) is 0 Å². The predicted octanol–water partition coefficient (Wildman–Crippen LogP) is 1.21. The normalized spacial score (nSPS) is 12.2. The smallest absolute Gasteiger partial charge is 0.230 e. The molecule has 0 aromatic heterocycles. The molecule has 1 aromatic carbocycles. The average Bonchev–Trinajstić information content (AvgIpc) is 2.28. The van der Waals surface area contributed by atoms with E-state index in [1.807, 2.05) is 14.0 Å². The van der Waals surface area contributed by atoms with Crippen LogP contribution < -0.4 is 10.2 Å². The molecule has 0 saturated heterocycles. The minimum Gasteiger partial charge on any atom is -0.508 e. The second-order valence-electron chi connectivity index (χ2n) is 3.87. The SMILES string of the molecule is CNCC(C)C(=O)N(C)c1ccc(O)cc1. The molecule has 0 radical (unpaired) electrons. The molecule has 88 valence electrons. The van der Waals surface area contributed by atoms with Crippen molar-refractivity contribution in [1.82, 2.24) is 5.32 Å². The van der Waals surface area contributed by atoms with E-state index in [1.54, 1.807) is 36.2 Å². The number of nitrogens with one attached hydrogen (secondary N) is 1. The summed E-state index contributed by atoms with van der Waals surface area (Å²) in [6.07, 6.45) is 0. The number of aromatic hydroxyl groups is 1. The molecule has 1 amide bonds. The van der Waals surface area contributed by atoms with Gasteiger partial charge in [-0.25, -0.2) is 0 Å². The van der Waals surface area contributed by atoms with Crippen molar-refractivity contribution in [1.29, 1.82) is 0 Å². The number of hydrogen-bond acceptors (Lipinski definition) is 3. The molecular weight excluding hydrogens is 204 g/mol. The van der Waals surface area contributed by atoms with E-state index in [1.165, 1.54) is 0 Å². The number of carbonyl (C=O) groups excluding carboxylic acids is 1. The van der Waals surface area contributed by atoms with Crippen LogP contribution in [0.4, 0.5) is 5.69 Å². The van der Waals surface area contributed by atoms with E-state index >= 15 is 0 Å². The fraction of sp³-hybridized carbons (Fsp3) is 0.417. The molecule has 0 fully saturated rings. The Hall–Kier alpha value is -1.55. The van der Waals surface area contributed by atoms with E-state index in [2.05, 4.69) is 5.32 Å². The van der Waals surface area contributed by atoms with Crippen LogP contribution in [0.3, 0.4) is 0 Å². The third kappa shape index (κ3) is 2.97. The Balaban J connectivity index is 2.73. The number of amides is 1. The molecule has 4 nitrogen and oxygen atoms in total. The van der Waals surface area contributed by atoms with Crippen molar-refractivity contribution in [3.8, 4) is 5.75 Å². The fourth-order valence-corrected chi connectivity index (χ4v) is 1.53. The lowest BCUT2D eigenvalue weighted by Gasteiger charge is -2.21. The van der Waals surface area contributed by atoms with Crippen LogP contribution in [0.15, 0.2) is 24.3 Å². The van der Waals surface area contributed by atoms with E-state index in [0.717, 1.165) is 5.69 Å². The van der Waals surface area contributed by atoms with Crippen LogP contribution in [-0.4, -0.2) is 31.7 Å². The molecule has 2 N–H and O–H groups in total. The maximum atomic E-state index is 11.9. The Morgan fingerprint density at radius 1 is 1.44 bits per heavy atom. The van der Waals surface area contributed by atoms with Crippen molar-refractivity contribution < 1.29 is 9.90 Å². The highest BCUT2D eigenvalue weighted by atomic mass is 16.3. The number of hydrogen-bond donors (Lipinski definition) is 2. The van der Waals surface area contributed by atoms with E-state index in [4.69, 9.17) is 5.11 Å². The molecule has 0 saturated carbocycles. The Labute approximate surface area is 95.9 Å². The van der Waals surface area contributed by atoms with Crippen LogP contribution in [0, 0.1) is 5.92 Å². The van der Waals surface area contributed by atoms with Gasteiger partial charge in [-0.15, -0.1) is 0 Å². The Morgan fingerprint density at radius 2 is 2.00 bits per heavy atom. The lowest BCUT2D eigenvalue weighted by molar-refractivity contribution is -0.121. The van der Waals surface area contributed by atoms with Crippen LogP contribution in [0.2, 0.25) is 0 Å². The maximum absolute atomic E-state index is 11.9. The zero-order valence-corrected chi connectivity index (χ0v) is 9.90. The molecule has 1 rings (SSSR count). The van der Waals surface area contributed by atoms with Crippen molar-refractivity contribution in [2.24, 2.45) is 5.92 Å². The lowest BCUT2D eigenvalue weighted by atomic mass is 10.1. The number of carbonyl (C=O) groups is 1. The molecule has 16 heavy (non-hydrogen) atoms. The third-order valence-corrected chi connectivity index (χ3v) is 2.50. The molecule has 4 heteroatoms. The van der Waals surface area contributed by atoms with Gasteiger partial charge in [-0.1, -0.05) is 6.92 Å². The molecule has 0 spiro atoms. The van der Waals surface area contributed by atoms with Crippen molar-refractivity contribution in [3.05, 3.63) is 24.3 Å². The predicted molar refractivity (Wildman–Crippen MR) is 64.6 cm³/mol. The van der Waals surface area contributed by atoms with Crippen LogP contribution in [0.1, 0.15) is 6.92 Å². The average molecular weight is 222 g/mol. The highest BCUT2D eigenvalue weighted by molar-refractivity contribution is 5.94. The zero-order chi connectivity index (χ0) is 12.1. The molecule has 0 aliphatic carbocycles. The topological polar surface area (TPSA) is 52.6 Å². The summed E-state index contributed by atoms with van der Waals surface area (Å²) >= 11 is 0. The molecule has 1 atom stereocenters. The summed E-state index contributed by atoms with van der Waals surface area (Å²) in [6, 6.07) is 6.59. The fourth-order valence-electron chi connectivity index (χ4n) is 1.53. The maximum Gasteiger partial charge on any atom is 0.230 e. The second kappa shape index (κ2) is 5.51. The van der Waals surface area contributed by atoms with Crippen molar-refractivity contribution in [3.63, 3.8) is 0 Å². The molecular formula is C12H18N2O2. The van der Waals surface area contributed by atoms with Crippen LogP contribution in [0.25, 0.3) is 0 Å². The van der Waals surface area contributed by atoms with Crippen molar-refractivity contribution in [2.75, 3.05) is 25.5 Å². The summed E-state index contributed by atoms with van der Waals surface area (Å²) in [5.74, 6) is 0.191. The van der Waals surface area contributed by atoms with E-state index in [-0.39, 0.29) is 17.6 Å². The quantitative estimate of drug-likeness (QED) is 0.805. The van der Waals surface area contributed by atoms with E-state index < -0.39 is 0 Å². The van der Waals surface area contributed by atoms with Gasteiger partial charge < -0.3 is 15.3 Å². The van der Waals surface area contributed by atoms with E-state index in [9.17, 15) is 4.79 Å². The van der Waals surface area contributed by atoms with Crippen molar-refractivity contribution >= 4 is 11.6 Å². The molecule has 1 unspecified atom stereocenters. The largest absolute Gasteiger partial charge is 0.508 e. The van der Waals surface area contributed by atoms with Gasteiger partial charge in [0.15, 0.2) is 0 Å². The summed E-state index contributed by atoms with van der Waals surface area (Å²) < 4.78 is 0. The van der Waals surface area contributed by atoms with Gasteiger partial charge in [-0.05, 0) is 31.3 Å². The van der Waals surface area contributed by atoms with E-state index in [0.29, 0.717) is 6.54 Å². The summed E-state index contributed by atoms with van der Waals surface area (Å²) in [5, 5.41) is 12.1. The first-order valence-corrected chi connectivity index (χ1v) is 5.27. The second-order valence-corrected chi connectivity index (χ2v) is 3.87. The number of phenolic OH excluding ortho intramolecular Hbond substituents is 1. The zero-order valence-electron chi connectivity index (χ0n) is 9.90. The summed E-state index contributed by atoms with van der Waals surface area (Å²) in [5.41, 5.74) is 0.783. The summed E-state index contributed by atoms with van der Waals surface area (Å²) in [6.45, 7) is 2.54. The van der Waals surface area contributed by atoms with Gasteiger partial charge >= 0.3 is 0 Å². The first kappa shape index (κ1) is 12.5. The highest BCUT2D eigenvalue weighted by Crippen LogP contribution is 2.18. The van der Waals surface area contributed by atoms with Crippen molar-refractivity contribution in [2.45, 2.75) is 6.92 Å². The van der Waals surface area contributed by atoms with Gasteiger partial charge in [0.2, 0.25) is 5.91 Å². The monoisotopic (exact) mass is 222 g/mol. The number of nitrogens with zero attached hydrogens (tertiary/aromatic N) is 1. The minimum absolute atomic E-state index is 0.0556. The first-order chi connectivity index (χ1) is 7.56. The Morgan fingerprint density at radius 3 is 2.50 bits per heavy atom. The van der Waals surface area contributed by atoms with Gasteiger partial charge in [-0.3, -0.25) is 4.79 Å². The first-order valence-electron chi connectivity index (χ1n) is 5.27. The molecule has 0 aliphatic rings. The standard InChI is InChI=1S/C12H18N2O2/c1-9(8-13-2)12(16)14(3)10-4-6-11(15)7-5-10/h4-7,9,13,15H,8H2,1-3H3. The number of benzene rings is 1. The minimum atomic E-state index is -0.0659. The molecule has 1 aromatic rings. The summed E-state index contributed by atoms with van der Waals surface area (Å²) in [7, 11) is 3.56. The van der Waals surface area contributed by atoms with Gasteiger partial charge in [0.1, 0.15) is 5.75 Å². The molecule has 0 aliphatic heterocycles. The lowest BCUT2D eigenvalue weighted by Crippen LogP contribution is -2.35. The Bertz CT molecular complexity index is 349. The van der Waals surface area contributed by atoms with Gasteiger partial charge in [0, 0.05) is 25.2 Å². The number of rotatable bonds is 4. The van der Waals surface area contributed by atoms with Crippen LogP contribution in [0.5, 0.6) is 5.75 Å².